The number of hydrogen-bond donors (Lipinski definition) is 2. The van der Waals surface area contributed by atoms with Crippen molar-refractivity contribution in [3.05, 3.63) is 168 Å². The first-order valence-electron chi connectivity index (χ1n) is 16.1. The van der Waals surface area contributed by atoms with E-state index in [0.717, 1.165) is 32.3 Å². The van der Waals surface area contributed by atoms with Crippen LogP contribution < -0.4 is 0 Å². The third-order valence-electron chi connectivity index (χ3n) is 9.21. The number of hydrogen-bond acceptors (Lipinski definition) is 5. The van der Waals surface area contributed by atoms with Crippen molar-refractivity contribution >= 4 is 67.0 Å². The summed E-state index contributed by atoms with van der Waals surface area (Å²) in [6, 6.07) is 42.5. The number of fused-ring (bicyclic) bond motifs is 4. The van der Waals surface area contributed by atoms with Gasteiger partial charge >= 0.3 is 23.9 Å². The number of carbonyl (C=O) groups is 4. The van der Waals surface area contributed by atoms with Crippen LogP contribution in [-0.4, -0.2) is 34.1 Å². The molecule has 8 aromatic rings. The molecule has 0 atom stereocenters. The summed E-state index contributed by atoms with van der Waals surface area (Å²) in [7, 11) is 0. The smallest absolute Gasteiger partial charge is 0.346 e. The maximum atomic E-state index is 14.2. The number of esters is 2. The predicted octanol–water partition coefficient (Wildman–Crippen LogP) is 10.0. The molecule has 51 heavy (non-hydrogen) atoms. The van der Waals surface area contributed by atoms with Gasteiger partial charge in [-0.15, -0.1) is 0 Å². The highest BCUT2D eigenvalue weighted by molar-refractivity contribution is 6.15. The molecule has 7 heteroatoms. The number of benzene rings is 8. The number of carboxylic acid groups (broad SMARTS) is 2. The van der Waals surface area contributed by atoms with Gasteiger partial charge in [0.2, 0.25) is 0 Å². The number of ether oxygens (including phenoxy) is 1. The Morgan fingerprint density at radius 1 is 0.333 bits per heavy atom. The lowest BCUT2D eigenvalue weighted by atomic mass is 9.90. The van der Waals surface area contributed by atoms with Crippen molar-refractivity contribution in [2.45, 2.75) is 0 Å². The minimum atomic E-state index is -1.18. The second-order valence-corrected chi connectivity index (χ2v) is 12.3. The largest absolute Gasteiger partial charge is 0.478 e. The molecule has 0 fully saturated rings. The summed E-state index contributed by atoms with van der Waals surface area (Å²) in [6.07, 6.45) is 0. The van der Waals surface area contributed by atoms with E-state index in [4.69, 9.17) is 4.74 Å². The van der Waals surface area contributed by atoms with Crippen LogP contribution in [0.3, 0.4) is 0 Å². The van der Waals surface area contributed by atoms with Crippen molar-refractivity contribution < 1.29 is 34.1 Å². The summed E-state index contributed by atoms with van der Waals surface area (Å²) in [5, 5.41) is 26.4. The van der Waals surface area contributed by atoms with E-state index in [0.29, 0.717) is 21.9 Å². The molecule has 0 saturated heterocycles. The zero-order valence-corrected chi connectivity index (χ0v) is 26.8. The maximum Gasteiger partial charge on any atom is 0.346 e. The van der Waals surface area contributed by atoms with E-state index in [9.17, 15) is 29.4 Å². The Labute approximate surface area is 290 Å². The quantitative estimate of drug-likeness (QED) is 0.134. The molecule has 0 saturated carbocycles. The molecule has 0 aliphatic heterocycles. The first-order valence-corrected chi connectivity index (χ1v) is 16.1. The zero-order chi connectivity index (χ0) is 35.2. The van der Waals surface area contributed by atoms with Crippen LogP contribution in [0.15, 0.2) is 146 Å². The van der Waals surface area contributed by atoms with Crippen LogP contribution in [0.1, 0.15) is 41.4 Å². The summed E-state index contributed by atoms with van der Waals surface area (Å²) >= 11 is 0. The molecule has 7 nitrogen and oxygen atoms in total. The molecule has 0 amide bonds. The van der Waals surface area contributed by atoms with Crippen LogP contribution in [0.2, 0.25) is 0 Å². The van der Waals surface area contributed by atoms with Gasteiger partial charge in [0.05, 0.1) is 22.3 Å². The van der Waals surface area contributed by atoms with E-state index in [1.807, 2.05) is 97.1 Å². The van der Waals surface area contributed by atoms with Crippen LogP contribution >= 0.6 is 0 Å². The Morgan fingerprint density at radius 2 is 0.549 bits per heavy atom. The summed E-state index contributed by atoms with van der Waals surface area (Å²) < 4.78 is 5.65. The van der Waals surface area contributed by atoms with Gasteiger partial charge in [-0.3, -0.25) is 0 Å². The fourth-order valence-electron chi connectivity index (χ4n) is 6.74. The predicted molar refractivity (Wildman–Crippen MR) is 197 cm³/mol. The van der Waals surface area contributed by atoms with Crippen molar-refractivity contribution in [2.24, 2.45) is 0 Å². The van der Waals surface area contributed by atoms with Crippen molar-refractivity contribution in [3.63, 3.8) is 0 Å². The summed E-state index contributed by atoms with van der Waals surface area (Å²) in [5.74, 6) is -4.32. The molecule has 0 bridgehead atoms. The van der Waals surface area contributed by atoms with Crippen LogP contribution in [0, 0.1) is 0 Å². The van der Waals surface area contributed by atoms with Gasteiger partial charge in [0.15, 0.2) is 0 Å². The molecule has 2 N–H and O–H groups in total. The Hall–Kier alpha value is -7.12. The highest BCUT2D eigenvalue weighted by atomic mass is 16.6. The SMILES string of the molecule is O=C(O)c1cc2ccccc2cc1-c1cc2ccccc2cc1C(=O)OC(=O)c1cc2ccccc2cc1-c1cc2ccccc2cc1C(=O)O. The second kappa shape index (κ2) is 12.4. The number of carboxylic acids is 2. The lowest BCUT2D eigenvalue weighted by Gasteiger charge is -2.16. The average molecular weight is 667 g/mol. The molecule has 0 unspecified atom stereocenters. The molecule has 0 heterocycles. The van der Waals surface area contributed by atoms with Gasteiger partial charge in [-0.2, -0.15) is 0 Å². The maximum absolute atomic E-state index is 14.2. The van der Waals surface area contributed by atoms with Gasteiger partial charge in [-0.1, -0.05) is 97.1 Å². The van der Waals surface area contributed by atoms with Crippen LogP contribution in [-0.2, 0) is 4.74 Å². The van der Waals surface area contributed by atoms with E-state index in [1.165, 1.54) is 0 Å². The lowest BCUT2D eigenvalue weighted by molar-refractivity contribution is 0.0397. The lowest BCUT2D eigenvalue weighted by Crippen LogP contribution is -2.15. The van der Waals surface area contributed by atoms with E-state index in [-0.39, 0.29) is 33.4 Å². The van der Waals surface area contributed by atoms with Crippen molar-refractivity contribution in [1.82, 2.24) is 0 Å². The third-order valence-corrected chi connectivity index (χ3v) is 9.21. The van der Waals surface area contributed by atoms with Crippen LogP contribution in [0.25, 0.3) is 65.3 Å². The molecule has 244 valence electrons. The minimum absolute atomic E-state index is 0.000833. The zero-order valence-electron chi connectivity index (χ0n) is 26.8. The molecule has 0 aliphatic carbocycles. The van der Waals surface area contributed by atoms with E-state index in [2.05, 4.69) is 0 Å². The molecule has 8 rings (SSSR count). The fraction of sp³-hybridized carbons (Fsp3) is 0. The van der Waals surface area contributed by atoms with Crippen LogP contribution in [0.4, 0.5) is 0 Å². The summed E-state index contributed by atoms with van der Waals surface area (Å²) in [6.45, 7) is 0. The first-order chi connectivity index (χ1) is 24.7. The number of carbonyl (C=O) groups excluding carboxylic acids is 2. The van der Waals surface area contributed by atoms with E-state index < -0.39 is 23.9 Å². The normalized spacial score (nSPS) is 11.2. The van der Waals surface area contributed by atoms with Gasteiger partial charge in [-0.25, -0.2) is 19.2 Å². The van der Waals surface area contributed by atoms with Crippen molar-refractivity contribution in [1.29, 1.82) is 0 Å². The Balaban J connectivity index is 1.29. The monoisotopic (exact) mass is 666 g/mol. The molecular weight excluding hydrogens is 640 g/mol. The van der Waals surface area contributed by atoms with Gasteiger partial charge in [0.25, 0.3) is 0 Å². The molecule has 0 aliphatic rings. The number of aromatic carboxylic acids is 2. The molecule has 0 aromatic heterocycles. The second-order valence-electron chi connectivity index (χ2n) is 12.3. The Kier molecular flexibility index (Phi) is 7.58. The van der Waals surface area contributed by atoms with E-state index >= 15 is 0 Å². The van der Waals surface area contributed by atoms with Gasteiger partial charge < -0.3 is 14.9 Å². The average Bonchev–Trinajstić information content (AvgIpc) is 3.15. The van der Waals surface area contributed by atoms with Gasteiger partial charge in [0, 0.05) is 0 Å². The molecular formula is C44H26O7. The highest BCUT2D eigenvalue weighted by Crippen LogP contribution is 2.37. The standard InChI is InChI=1S/C44H26O7/c45-41(46)37-21-29-13-5-1-9-25(29)17-33(37)35-19-27-11-3-7-15-31(27)23-39(35)43(49)51-44(50)40-24-32-16-8-4-12-28(32)20-36(40)34-18-26-10-2-6-14-30(26)22-38(34)42(47)48/h1-24H,(H,45,46)(H,47,48). The minimum Gasteiger partial charge on any atom is -0.478 e. The Morgan fingerprint density at radius 3 is 0.804 bits per heavy atom. The Bertz CT molecular complexity index is 2590. The van der Waals surface area contributed by atoms with E-state index in [1.54, 1.807) is 48.5 Å². The van der Waals surface area contributed by atoms with Crippen molar-refractivity contribution in [2.75, 3.05) is 0 Å². The summed E-state index contributed by atoms with van der Waals surface area (Å²) in [5.41, 5.74) is 1.13. The van der Waals surface area contributed by atoms with Gasteiger partial charge in [0.1, 0.15) is 0 Å². The topological polar surface area (TPSA) is 118 Å². The van der Waals surface area contributed by atoms with Crippen LogP contribution in [0.5, 0.6) is 0 Å². The van der Waals surface area contributed by atoms with Crippen molar-refractivity contribution in [3.8, 4) is 22.3 Å². The van der Waals surface area contributed by atoms with Gasteiger partial charge in [-0.05, 0) is 114 Å². The highest BCUT2D eigenvalue weighted by Gasteiger charge is 2.26. The number of rotatable bonds is 6. The molecule has 0 radical (unpaired) electrons. The fourth-order valence-corrected chi connectivity index (χ4v) is 6.74. The molecule has 8 aromatic carbocycles. The first kappa shape index (κ1) is 31.2. The third kappa shape index (κ3) is 5.62. The summed E-state index contributed by atoms with van der Waals surface area (Å²) in [4.78, 5) is 53.5. The molecule has 0 spiro atoms.